The highest BCUT2D eigenvalue weighted by atomic mass is 16.3. The number of amides is 1. The summed E-state index contributed by atoms with van der Waals surface area (Å²) in [4.78, 5) is 13.5. The van der Waals surface area contributed by atoms with Crippen molar-refractivity contribution in [1.29, 1.82) is 0 Å². The standard InChI is InChI=1S/C12H22N2O2/c1-10(16)14-8-12(3-5-13-6-4-12)7-11(14,2)9-15/h13,15H,3-9H2,1-2H3/t11-/m1/s1. The fourth-order valence-corrected chi connectivity index (χ4v) is 3.41. The van der Waals surface area contributed by atoms with E-state index in [0.29, 0.717) is 0 Å². The Bertz CT molecular complexity index is 287. The lowest BCUT2D eigenvalue weighted by Gasteiger charge is -2.33. The third-order valence-corrected chi connectivity index (χ3v) is 4.29. The number of carbonyl (C=O) groups excluding carboxylic acids is 1. The van der Waals surface area contributed by atoms with Crippen LogP contribution >= 0.6 is 0 Å². The van der Waals surface area contributed by atoms with Gasteiger partial charge in [0.1, 0.15) is 0 Å². The Morgan fingerprint density at radius 1 is 1.44 bits per heavy atom. The van der Waals surface area contributed by atoms with E-state index in [-0.39, 0.29) is 23.5 Å². The SMILES string of the molecule is CC(=O)N1CC2(CCNCC2)C[C@]1(C)CO. The predicted octanol–water partition coefficient (Wildman–Crippen LogP) is 0.359. The zero-order valence-corrected chi connectivity index (χ0v) is 10.3. The van der Waals surface area contributed by atoms with E-state index in [2.05, 4.69) is 5.32 Å². The second kappa shape index (κ2) is 4.00. The van der Waals surface area contributed by atoms with Crippen LogP contribution in [0.3, 0.4) is 0 Å². The lowest BCUT2D eigenvalue weighted by molar-refractivity contribution is -0.133. The summed E-state index contributed by atoms with van der Waals surface area (Å²) in [7, 11) is 0. The van der Waals surface area contributed by atoms with E-state index in [9.17, 15) is 9.90 Å². The van der Waals surface area contributed by atoms with Crippen molar-refractivity contribution in [3.05, 3.63) is 0 Å². The molecule has 4 nitrogen and oxygen atoms in total. The van der Waals surface area contributed by atoms with Gasteiger partial charge in [-0.3, -0.25) is 4.79 Å². The Morgan fingerprint density at radius 3 is 2.50 bits per heavy atom. The molecule has 0 aromatic rings. The van der Waals surface area contributed by atoms with Crippen molar-refractivity contribution in [3.8, 4) is 0 Å². The van der Waals surface area contributed by atoms with Gasteiger partial charge in [0.25, 0.3) is 0 Å². The number of aliphatic hydroxyl groups excluding tert-OH is 1. The molecule has 2 fully saturated rings. The summed E-state index contributed by atoms with van der Waals surface area (Å²) >= 11 is 0. The summed E-state index contributed by atoms with van der Waals surface area (Å²) in [6.07, 6.45) is 3.18. The first-order valence-corrected chi connectivity index (χ1v) is 6.11. The summed E-state index contributed by atoms with van der Waals surface area (Å²) in [5.74, 6) is 0.0898. The Hall–Kier alpha value is -0.610. The van der Waals surface area contributed by atoms with Crippen molar-refractivity contribution in [2.75, 3.05) is 26.2 Å². The fraction of sp³-hybridized carbons (Fsp3) is 0.917. The van der Waals surface area contributed by atoms with Gasteiger partial charge in [0.2, 0.25) is 5.91 Å². The fourth-order valence-electron chi connectivity index (χ4n) is 3.41. The van der Waals surface area contributed by atoms with E-state index in [4.69, 9.17) is 0 Å². The number of piperidine rings is 1. The highest BCUT2D eigenvalue weighted by Gasteiger charge is 2.51. The monoisotopic (exact) mass is 226 g/mol. The molecule has 1 amide bonds. The zero-order valence-electron chi connectivity index (χ0n) is 10.3. The van der Waals surface area contributed by atoms with Crippen LogP contribution in [0.2, 0.25) is 0 Å². The van der Waals surface area contributed by atoms with Gasteiger partial charge in [-0.2, -0.15) is 0 Å². The smallest absolute Gasteiger partial charge is 0.219 e. The average molecular weight is 226 g/mol. The molecule has 0 radical (unpaired) electrons. The number of rotatable bonds is 1. The molecule has 0 aliphatic carbocycles. The first kappa shape index (κ1) is 11.9. The molecule has 0 unspecified atom stereocenters. The number of hydrogen-bond donors (Lipinski definition) is 2. The second-order valence-corrected chi connectivity index (χ2v) is 5.69. The van der Waals surface area contributed by atoms with Gasteiger partial charge in [0.05, 0.1) is 12.1 Å². The van der Waals surface area contributed by atoms with Crippen LogP contribution in [0.25, 0.3) is 0 Å². The molecule has 1 atom stereocenters. The summed E-state index contributed by atoms with van der Waals surface area (Å²) in [6.45, 7) is 6.57. The van der Waals surface area contributed by atoms with Crippen LogP contribution in [0.15, 0.2) is 0 Å². The van der Waals surface area contributed by atoms with Gasteiger partial charge in [-0.05, 0) is 44.7 Å². The lowest BCUT2D eigenvalue weighted by Crippen LogP contribution is -2.46. The maximum absolute atomic E-state index is 11.6. The van der Waals surface area contributed by atoms with Crippen LogP contribution in [0.1, 0.15) is 33.1 Å². The molecular formula is C12H22N2O2. The number of nitrogens with one attached hydrogen (secondary N) is 1. The van der Waals surface area contributed by atoms with Crippen molar-refractivity contribution in [2.45, 2.75) is 38.6 Å². The molecule has 92 valence electrons. The van der Waals surface area contributed by atoms with Gasteiger partial charge < -0.3 is 15.3 Å². The third kappa shape index (κ3) is 1.84. The van der Waals surface area contributed by atoms with Crippen LogP contribution in [0, 0.1) is 5.41 Å². The van der Waals surface area contributed by atoms with E-state index in [1.807, 2.05) is 11.8 Å². The molecule has 2 rings (SSSR count). The molecule has 2 N–H and O–H groups in total. The predicted molar refractivity (Wildman–Crippen MR) is 62.0 cm³/mol. The lowest BCUT2D eigenvalue weighted by atomic mass is 9.75. The molecule has 16 heavy (non-hydrogen) atoms. The maximum Gasteiger partial charge on any atom is 0.219 e. The Labute approximate surface area is 97.0 Å². The average Bonchev–Trinajstić information content (AvgIpc) is 2.54. The number of nitrogens with zero attached hydrogens (tertiary/aromatic N) is 1. The van der Waals surface area contributed by atoms with Crippen LogP contribution in [0.5, 0.6) is 0 Å². The first-order valence-electron chi connectivity index (χ1n) is 6.11. The summed E-state index contributed by atoms with van der Waals surface area (Å²) < 4.78 is 0. The molecule has 0 bridgehead atoms. The van der Waals surface area contributed by atoms with Gasteiger partial charge >= 0.3 is 0 Å². The minimum absolute atomic E-state index is 0.0712. The van der Waals surface area contributed by atoms with Gasteiger partial charge in [-0.25, -0.2) is 0 Å². The molecule has 2 aliphatic rings. The minimum atomic E-state index is -0.344. The van der Waals surface area contributed by atoms with Crippen molar-refractivity contribution in [3.63, 3.8) is 0 Å². The van der Waals surface area contributed by atoms with E-state index < -0.39 is 0 Å². The van der Waals surface area contributed by atoms with Crippen LogP contribution in [0.4, 0.5) is 0 Å². The summed E-state index contributed by atoms with van der Waals surface area (Å²) in [5.41, 5.74) is -0.0996. The molecule has 2 heterocycles. The number of aliphatic hydroxyl groups is 1. The topological polar surface area (TPSA) is 52.6 Å². The molecule has 2 aliphatic heterocycles. The highest BCUT2D eigenvalue weighted by Crippen LogP contribution is 2.46. The summed E-state index contributed by atoms with van der Waals surface area (Å²) in [6, 6.07) is 0. The van der Waals surface area contributed by atoms with Gasteiger partial charge in [0, 0.05) is 13.5 Å². The molecule has 2 saturated heterocycles. The van der Waals surface area contributed by atoms with E-state index in [1.165, 1.54) is 0 Å². The van der Waals surface area contributed by atoms with Gasteiger partial charge in [-0.15, -0.1) is 0 Å². The second-order valence-electron chi connectivity index (χ2n) is 5.69. The van der Waals surface area contributed by atoms with Gasteiger partial charge in [0.15, 0.2) is 0 Å². The molecule has 1 spiro atoms. The van der Waals surface area contributed by atoms with E-state index in [1.54, 1.807) is 6.92 Å². The molecule has 0 saturated carbocycles. The largest absolute Gasteiger partial charge is 0.394 e. The first-order chi connectivity index (χ1) is 7.51. The van der Waals surface area contributed by atoms with Crippen LogP contribution < -0.4 is 5.32 Å². The van der Waals surface area contributed by atoms with Crippen LogP contribution in [-0.4, -0.2) is 47.7 Å². The maximum atomic E-state index is 11.6. The number of carbonyl (C=O) groups is 1. The van der Waals surface area contributed by atoms with Crippen molar-refractivity contribution >= 4 is 5.91 Å². The van der Waals surface area contributed by atoms with E-state index >= 15 is 0 Å². The Balaban J connectivity index is 2.20. The zero-order chi connectivity index (χ0) is 11.8. The van der Waals surface area contributed by atoms with Gasteiger partial charge in [-0.1, -0.05) is 0 Å². The molecule has 0 aromatic heterocycles. The normalized spacial score (nSPS) is 33.3. The Morgan fingerprint density at radius 2 is 2.06 bits per heavy atom. The molecular weight excluding hydrogens is 204 g/mol. The van der Waals surface area contributed by atoms with Crippen molar-refractivity contribution in [1.82, 2.24) is 10.2 Å². The van der Waals surface area contributed by atoms with Crippen molar-refractivity contribution < 1.29 is 9.90 Å². The quantitative estimate of drug-likeness (QED) is 0.679. The highest BCUT2D eigenvalue weighted by molar-refractivity contribution is 5.74. The van der Waals surface area contributed by atoms with Crippen LogP contribution in [-0.2, 0) is 4.79 Å². The molecule has 0 aromatic carbocycles. The minimum Gasteiger partial charge on any atom is -0.394 e. The number of likely N-dealkylation sites (tertiary alicyclic amines) is 1. The van der Waals surface area contributed by atoms with Crippen molar-refractivity contribution in [2.24, 2.45) is 5.41 Å². The van der Waals surface area contributed by atoms with E-state index in [0.717, 1.165) is 38.9 Å². The molecule has 4 heteroatoms. The number of hydrogen-bond acceptors (Lipinski definition) is 3. The summed E-state index contributed by atoms with van der Waals surface area (Å²) in [5, 5.41) is 12.9. The Kier molecular flexibility index (Phi) is 2.97. The third-order valence-electron chi connectivity index (χ3n) is 4.29.